The first-order chi connectivity index (χ1) is 16.5. The number of halogens is 1. The minimum absolute atomic E-state index is 0.240. The number of nitrogens with zero attached hydrogens (tertiary/aromatic N) is 2. The molecule has 1 amide bonds. The molecule has 1 N–H and O–H groups in total. The minimum atomic E-state index is -0.560. The Morgan fingerprint density at radius 2 is 1.82 bits per heavy atom. The summed E-state index contributed by atoms with van der Waals surface area (Å²) in [6, 6.07) is 13.6. The number of anilines is 1. The number of fused-ring (bicyclic) bond motifs is 3. The van der Waals surface area contributed by atoms with Crippen LogP contribution >= 0.6 is 22.9 Å². The third-order valence-corrected chi connectivity index (χ3v) is 7.66. The van der Waals surface area contributed by atoms with E-state index in [1.54, 1.807) is 55.6 Å². The fraction of sp³-hybridized carbons (Fsp3) is 0.240. The highest BCUT2D eigenvalue weighted by atomic mass is 35.5. The predicted octanol–water partition coefficient (Wildman–Crippen LogP) is 4.39. The minimum Gasteiger partial charge on any atom is -0.497 e. The lowest BCUT2D eigenvalue weighted by Crippen LogP contribution is -2.40. The number of nitrogens with one attached hydrogen (secondary N) is 1. The average Bonchev–Trinajstić information content (AvgIpc) is 3.23. The topological polar surface area (TPSA) is 82.3 Å². The van der Waals surface area contributed by atoms with Crippen LogP contribution in [0.25, 0.3) is 15.9 Å². The van der Waals surface area contributed by atoms with Crippen LogP contribution in [-0.4, -0.2) is 22.2 Å². The summed E-state index contributed by atoms with van der Waals surface area (Å²) >= 11 is 7.62. The van der Waals surface area contributed by atoms with Gasteiger partial charge in [-0.05, 0) is 67.6 Å². The van der Waals surface area contributed by atoms with E-state index >= 15 is 0 Å². The van der Waals surface area contributed by atoms with E-state index in [9.17, 15) is 14.4 Å². The first kappa shape index (κ1) is 22.4. The standard InChI is InChI=1S/C25H22ClN3O4S/c1-33-16-12-10-15(11-13-16)29-23(31)22-17-6-2-5-9-20(17)34-24(22)28(25(29)32)14-21(30)27-19-8-4-3-7-18(19)26/h3-4,7-8,10-13H,2,5-6,9,14H2,1H3,(H,27,30). The van der Waals surface area contributed by atoms with Crippen molar-refractivity contribution in [2.24, 2.45) is 0 Å². The highest BCUT2D eigenvalue weighted by molar-refractivity contribution is 7.18. The molecule has 0 atom stereocenters. The van der Waals surface area contributed by atoms with Crippen LogP contribution in [0.15, 0.2) is 58.1 Å². The summed E-state index contributed by atoms with van der Waals surface area (Å²) in [5.41, 5.74) is 0.975. The van der Waals surface area contributed by atoms with E-state index in [0.29, 0.717) is 32.4 Å². The first-order valence-electron chi connectivity index (χ1n) is 11.0. The number of hydrogen-bond donors (Lipinski definition) is 1. The van der Waals surface area contributed by atoms with Crippen LogP contribution in [0.4, 0.5) is 5.69 Å². The molecule has 0 spiro atoms. The molecule has 0 radical (unpaired) electrons. The molecule has 4 aromatic rings. The number of benzene rings is 2. The monoisotopic (exact) mass is 495 g/mol. The van der Waals surface area contributed by atoms with Gasteiger partial charge in [-0.15, -0.1) is 11.3 Å². The summed E-state index contributed by atoms with van der Waals surface area (Å²) in [6.07, 6.45) is 3.70. The summed E-state index contributed by atoms with van der Waals surface area (Å²) in [5, 5.41) is 3.71. The molecular formula is C25H22ClN3O4S. The van der Waals surface area contributed by atoms with Crippen LogP contribution < -0.4 is 21.3 Å². The Morgan fingerprint density at radius 3 is 2.56 bits per heavy atom. The van der Waals surface area contributed by atoms with Crippen LogP contribution in [0, 0.1) is 0 Å². The number of aryl methyl sites for hydroxylation is 2. The number of para-hydroxylation sites is 1. The molecule has 7 nitrogen and oxygen atoms in total. The Hall–Kier alpha value is -3.36. The van der Waals surface area contributed by atoms with Gasteiger partial charge < -0.3 is 10.1 Å². The van der Waals surface area contributed by atoms with Crippen molar-refractivity contribution in [3.05, 3.63) is 84.8 Å². The van der Waals surface area contributed by atoms with E-state index in [2.05, 4.69) is 5.32 Å². The highest BCUT2D eigenvalue weighted by Crippen LogP contribution is 2.34. The number of carbonyl (C=O) groups excluding carboxylic acids is 1. The number of thiophene rings is 1. The number of carbonyl (C=O) groups is 1. The van der Waals surface area contributed by atoms with E-state index in [-0.39, 0.29) is 12.1 Å². The molecule has 34 heavy (non-hydrogen) atoms. The number of amides is 1. The zero-order chi connectivity index (χ0) is 23.8. The van der Waals surface area contributed by atoms with E-state index in [1.807, 2.05) is 0 Å². The van der Waals surface area contributed by atoms with Gasteiger partial charge in [0.2, 0.25) is 5.91 Å². The molecule has 0 aliphatic heterocycles. The van der Waals surface area contributed by atoms with E-state index in [4.69, 9.17) is 16.3 Å². The molecule has 0 bridgehead atoms. The van der Waals surface area contributed by atoms with Gasteiger partial charge in [0, 0.05) is 4.88 Å². The van der Waals surface area contributed by atoms with Gasteiger partial charge in [-0.25, -0.2) is 9.36 Å². The molecule has 0 fully saturated rings. The van der Waals surface area contributed by atoms with E-state index in [0.717, 1.165) is 40.7 Å². The second kappa shape index (κ2) is 9.12. The second-order valence-corrected chi connectivity index (χ2v) is 9.62. The van der Waals surface area contributed by atoms with Crippen molar-refractivity contribution in [3.63, 3.8) is 0 Å². The predicted molar refractivity (Wildman–Crippen MR) is 135 cm³/mol. The van der Waals surface area contributed by atoms with Crippen molar-refractivity contribution >= 4 is 44.7 Å². The average molecular weight is 496 g/mol. The number of hydrogen-bond acceptors (Lipinski definition) is 5. The van der Waals surface area contributed by atoms with Crippen molar-refractivity contribution in [1.29, 1.82) is 0 Å². The van der Waals surface area contributed by atoms with Crippen LogP contribution in [0.5, 0.6) is 5.75 Å². The maximum Gasteiger partial charge on any atom is 0.337 e. The third kappa shape index (κ3) is 3.93. The maximum absolute atomic E-state index is 13.6. The molecule has 1 aliphatic rings. The Kier molecular flexibility index (Phi) is 6.02. The molecule has 0 unspecified atom stereocenters. The summed E-state index contributed by atoms with van der Waals surface area (Å²) in [4.78, 5) is 41.9. The summed E-state index contributed by atoms with van der Waals surface area (Å²) in [5.74, 6) is 0.216. The van der Waals surface area contributed by atoms with E-state index in [1.165, 1.54) is 15.9 Å². The largest absolute Gasteiger partial charge is 0.497 e. The van der Waals surface area contributed by atoms with Gasteiger partial charge in [-0.3, -0.25) is 14.2 Å². The van der Waals surface area contributed by atoms with Crippen molar-refractivity contribution in [2.75, 3.05) is 12.4 Å². The lowest BCUT2D eigenvalue weighted by Gasteiger charge is -2.14. The number of aromatic nitrogens is 2. The Bertz CT molecular complexity index is 1520. The molecule has 0 saturated carbocycles. The molecule has 2 aromatic carbocycles. The zero-order valence-corrected chi connectivity index (χ0v) is 20.0. The zero-order valence-electron chi connectivity index (χ0n) is 18.5. The quantitative estimate of drug-likeness (QED) is 0.445. The molecule has 9 heteroatoms. The fourth-order valence-electron chi connectivity index (χ4n) is 4.36. The lowest BCUT2D eigenvalue weighted by atomic mass is 9.97. The SMILES string of the molecule is COc1ccc(-n2c(=O)c3c4c(sc3n(CC(=O)Nc3ccccc3Cl)c2=O)CCCC4)cc1. The lowest BCUT2D eigenvalue weighted by molar-refractivity contribution is -0.116. The molecule has 2 heterocycles. The van der Waals surface area contributed by atoms with Gasteiger partial charge >= 0.3 is 5.69 Å². The molecule has 174 valence electrons. The molecular weight excluding hydrogens is 474 g/mol. The van der Waals surface area contributed by atoms with Crippen LogP contribution in [0.1, 0.15) is 23.3 Å². The number of ether oxygens (including phenoxy) is 1. The van der Waals surface area contributed by atoms with Crippen molar-refractivity contribution in [1.82, 2.24) is 9.13 Å². The Balaban J connectivity index is 1.67. The number of rotatable bonds is 5. The van der Waals surface area contributed by atoms with Crippen LogP contribution in [0.2, 0.25) is 5.02 Å². The molecule has 1 aliphatic carbocycles. The smallest absolute Gasteiger partial charge is 0.337 e. The van der Waals surface area contributed by atoms with E-state index < -0.39 is 11.6 Å². The second-order valence-electron chi connectivity index (χ2n) is 8.13. The van der Waals surface area contributed by atoms with Crippen molar-refractivity contribution < 1.29 is 9.53 Å². The van der Waals surface area contributed by atoms with Crippen molar-refractivity contribution in [2.45, 2.75) is 32.2 Å². The summed E-state index contributed by atoms with van der Waals surface area (Å²) in [6.45, 7) is -0.240. The molecule has 0 saturated heterocycles. The maximum atomic E-state index is 13.6. The number of methoxy groups -OCH3 is 1. The van der Waals surface area contributed by atoms with Gasteiger partial charge in [0.15, 0.2) is 0 Å². The van der Waals surface area contributed by atoms with Gasteiger partial charge in [0.05, 0.1) is 28.9 Å². The molecule has 2 aromatic heterocycles. The van der Waals surface area contributed by atoms with Gasteiger partial charge in [-0.2, -0.15) is 0 Å². The highest BCUT2D eigenvalue weighted by Gasteiger charge is 2.25. The van der Waals surface area contributed by atoms with Crippen LogP contribution in [0.3, 0.4) is 0 Å². The Morgan fingerprint density at radius 1 is 1.09 bits per heavy atom. The van der Waals surface area contributed by atoms with Gasteiger partial charge in [0.25, 0.3) is 5.56 Å². The Labute approximate surface area is 204 Å². The van der Waals surface area contributed by atoms with Crippen LogP contribution in [-0.2, 0) is 24.2 Å². The van der Waals surface area contributed by atoms with Crippen molar-refractivity contribution in [3.8, 4) is 11.4 Å². The normalized spacial score (nSPS) is 13.0. The first-order valence-corrected chi connectivity index (χ1v) is 12.2. The third-order valence-electron chi connectivity index (χ3n) is 6.02. The fourth-order valence-corrected chi connectivity index (χ4v) is 5.92. The summed E-state index contributed by atoms with van der Waals surface area (Å²) in [7, 11) is 1.55. The van der Waals surface area contributed by atoms with Gasteiger partial charge in [0.1, 0.15) is 17.1 Å². The van der Waals surface area contributed by atoms with Gasteiger partial charge in [-0.1, -0.05) is 23.7 Å². The summed E-state index contributed by atoms with van der Waals surface area (Å²) < 4.78 is 7.75. The molecule has 5 rings (SSSR count).